The third-order valence-corrected chi connectivity index (χ3v) is 4.75. The molecule has 1 saturated heterocycles. The van der Waals surface area contributed by atoms with E-state index in [1.54, 1.807) is 37.3 Å². The van der Waals surface area contributed by atoms with Crippen molar-refractivity contribution in [1.29, 1.82) is 0 Å². The number of hydrogen-bond acceptors (Lipinski definition) is 5. The van der Waals surface area contributed by atoms with Crippen molar-refractivity contribution in [2.24, 2.45) is 0 Å². The molecule has 1 aliphatic rings. The van der Waals surface area contributed by atoms with Gasteiger partial charge in [-0.2, -0.15) is 0 Å². The van der Waals surface area contributed by atoms with Gasteiger partial charge in [-0.3, -0.25) is 14.5 Å². The van der Waals surface area contributed by atoms with Gasteiger partial charge in [0.05, 0.1) is 11.6 Å². The highest BCUT2D eigenvalue weighted by molar-refractivity contribution is 6.51. The van der Waals surface area contributed by atoms with E-state index < -0.39 is 17.7 Å². The van der Waals surface area contributed by atoms with E-state index in [0.717, 1.165) is 5.56 Å². The van der Waals surface area contributed by atoms with Gasteiger partial charge in [0.1, 0.15) is 11.5 Å². The molecule has 6 nitrogen and oxygen atoms in total. The summed E-state index contributed by atoms with van der Waals surface area (Å²) in [5.74, 6) is -0.976. The van der Waals surface area contributed by atoms with Crippen molar-refractivity contribution in [3.05, 3.63) is 88.7 Å². The van der Waals surface area contributed by atoms with Crippen LogP contribution in [0.25, 0.3) is 5.76 Å². The van der Waals surface area contributed by atoms with Crippen molar-refractivity contribution >= 4 is 23.3 Å². The fourth-order valence-electron chi connectivity index (χ4n) is 3.35. The number of ketones is 1. The molecule has 0 radical (unpaired) electrons. The van der Waals surface area contributed by atoms with Crippen molar-refractivity contribution in [3.63, 3.8) is 0 Å². The van der Waals surface area contributed by atoms with Crippen LogP contribution in [0.4, 0.5) is 5.82 Å². The molecule has 1 aromatic heterocycles. The van der Waals surface area contributed by atoms with Crippen LogP contribution >= 0.6 is 0 Å². The number of nitrogens with zero attached hydrogens (tertiary/aromatic N) is 2. The fraction of sp³-hybridized carbons (Fsp3) is 0.136. The Morgan fingerprint density at radius 3 is 2.32 bits per heavy atom. The van der Waals surface area contributed by atoms with Gasteiger partial charge in [-0.1, -0.05) is 65.3 Å². The number of Topliss-reactive ketones (excluding diaryl/α,β-unsaturated/α-hetero) is 1. The van der Waals surface area contributed by atoms with Gasteiger partial charge in [0.2, 0.25) is 0 Å². The molecule has 1 fully saturated rings. The van der Waals surface area contributed by atoms with E-state index >= 15 is 0 Å². The Bertz CT molecular complexity index is 1080. The molecule has 4 rings (SSSR count). The maximum atomic E-state index is 12.9. The number of rotatable bonds is 3. The predicted molar refractivity (Wildman–Crippen MR) is 104 cm³/mol. The summed E-state index contributed by atoms with van der Waals surface area (Å²) in [4.78, 5) is 27.0. The van der Waals surface area contributed by atoms with Crippen LogP contribution in [0.3, 0.4) is 0 Å². The Balaban J connectivity index is 1.94. The number of aliphatic hydroxyl groups excluding tert-OH is 1. The van der Waals surface area contributed by atoms with E-state index in [2.05, 4.69) is 5.16 Å². The van der Waals surface area contributed by atoms with Crippen LogP contribution in [0, 0.1) is 13.8 Å². The van der Waals surface area contributed by atoms with E-state index in [1.807, 2.05) is 37.3 Å². The smallest absolute Gasteiger partial charge is 0.301 e. The van der Waals surface area contributed by atoms with Crippen molar-refractivity contribution in [3.8, 4) is 0 Å². The van der Waals surface area contributed by atoms with Crippen LogP contribution in [0.5, 0.6) is 0 Å². The van der Waals surface area contributed by atoms with Gasteiger partial charge < -0.3 is 9.63 Å². The van der Waals surface area contributed by atoms with Crippen LogP contribution in [0.15, 0.2) is 70.8 Å². The maximum absolute atomic E-state index is 12.9. The summed E-state index contributed by atoms with van der Waals surface area (Å²) >= 11 is 0. The summed E-state index contributed by atoms with van der Waals surface area (Å²) in [5, 5.41) is 14.8. The highest BCUT2D eigenvalue weighted by atomic mass is 16.5. The number of carbonyl (C=O) groups excluding carboxylic acids is 2. The molecule has 2 heterocycles. The Labute approximate surface area is 161 Å². The molecule has 28 heavy (non-hydrogen) atoms. The van der Waals surface area contributed by atoms with Gasteiger partial charge >= 0.3 is 5.91 Å². The summed E-state index contributed by atoms with van der Waals surface area (Å²) in [7, 11) is 0. The lowest BCUT2D eigenvalue weighted by Crippen LogP contribution is -2.29. The molecule has 0 bridgehead atoms. The second-order valence-electron chi connectivity index (χ2n) is 6.74. The molecule has 6 heteroatoms. The van der Waals surface area contributed by atoms with Gasteiger partial charge in [0, 0.05) is 11.6 Å². The van der Waals surface area contributed by atoms with Crippen LogP contribution in [0.1, 0.15) is 28.5 Å². The molecule has 0 spiro atoms. The molecular weight excluding hydrogens is 356 g/mol. The molecule has 140 valence electrons. The number of aromatic nitrogens is 1. The second-order valence-corrected chi connectivity index (χ2v) is 6.74. The average molecular weight is 374 g/mol. The van der Waals surface area contributed by atoms with Crippen LogP contribution in [-0.4, -0.2) is 22.0 Å². The van der Waals surface area contributed by atoms with Crippen LogP contribution in [0.2, 0.25) is 0 Å². The minimum absolute atomic E-state index is 0.0284. The highest BCUT2D eigenvalue weighted by Crippen LogP contribution is 2.41. The molecule has 1 atom stereocenters. The van der Waals surface area contributed by atoms with Gasteiger partial charge in [0.15, 0.2) is 5.82 Å². The third kappa shape index (κ3) is 2.89. The van der Waals surface area contributed by atoms with Crippen LogP contribution in [-0.2, 0) is 9.59 Å². The van der Waals surface area contributed by atoms with E-state index in [-0.39, 0.29) is 17.2 Å². The Kier molecular flexibility index (Phi) is 4.31. The van der Waals surface area contributed by atoms with E-state index in [9.17, 15) is 14.7 Å². The van der Waals surface area contributed by atoms with Crippen molar-refractivity contribution in [1.82, 2.24) is 5.16 Å². The molecule has 1 N–H and O–H groups in total. The lowest BCUT2D eigenvalue weighted by molar-refractivity contribution is -0.132. The summed E-state index contributed by atoms with van der Waals surface area (Å²) in [6.07, 6.45) is 0. The number of anilines is 1. The zero-order chi connectivity index (χ0) is 19.8. The normalized spacial score (nSPS) is 18.6. The molecule has 0 saturated carbocycles. The summed E-state index contributed by atoms with van der Waals surface area (Å²) in [5.41, 5.74) is 2.23. The number of carbonyl (C=O) groups is 2. The minimum Gasteiger partial charge on any atom is -0.507 e. The highest BCUT2D eigenvalue weighted by Gasteiger charge is 2.48. The Morgan fingerprint density at radius 2 is 1.71 bits per heavy atom. The Morgan fingerprint density at radius 1 is 1.04 bits per heavy atom. The van der Waals surface area contributed by atoms with E-state index in [4.69, 9.17) is 4.52 Å². The van der Waals surface area contributed by atoms with E-state index in [0.29, 0.717) is 16.9 Å². The number of aliphatic hydroxyl groups is 1. The van der Waals surface area contributed by atoms with Gasteiger partial charge in [-0.05, 0) is 19.4 Å². The fourth-order valence-corrected chi connectivity index (χ4v) is 3.35. The summed E-state index contributed by atoms with van der Waals surface area (Å²) in [6, 6.07) is 17.0. The first-order chi connectivity index (χ1) is 13.5. The first-order valence-electron chi connectivity index (χ1n) is 8.83. The molecule has 1 aliphatic heterocycles. The maximum Gasteiger partial charge on any atom is 0.301 e. The lowest BCUT2D eigenvalue weighted by atomic mass is 9.95. The summed E-state index contributed by atoms with van der Waals surface area (Å²) in [6.45, 7) is 3.66. The zero-order valence-electron chi connectivity index (χ0n) is 15.4. The first-order valence-corrected chi connectivity index (χ1v) is 8.83. The molecule has 1 amide bonds. The number of aryl methyl sites for hydroxylation is 2. The van der Waals surface area contributed by atoms with E-state index in [1.165, 1.54) is 4.90 Å². The number of hydrogen-bond donors (Lipinski definition) is 1. The van der Waals surface area contributed by atoms with Crippen LogP contribution < -0.4 is 4.90 Å². The Hall–Kier alpha value is -3.67. The largest absolute Gasteiger partial charge is 0.507 e. The second kappa shape index (κ2) is 6.81. The zero-order valence-corrected chi connectivity index (χ0v) is 15.4. The average Bonchev–Trinajstić information content (AvgIpc) is 3.24. The van der Waals surface area contributed by atoms with Gasteiger partial charge in [-0.15, -0.1) is 0 Å². The quantitative estimate of drug-likeness (QED) is 0.427. The van der Waals surface area contributed by atoms with Gasteiger partial charge in [-0.25, -0.2) is 0 Å². The topological polar surface area (TPSA) is 83.6 Å². The molecule has 0 aliphatic carbocycles. The molecular formula is C22H18N2O4. The molecule has 2 aromatic carbocycles. The molecule has 3 aromatic rings. The van der Waals surface area contributed by atoms with Gasteiger partial charge in [0.25, 0.3) is 5.78 Å². The van der Waals surface area contributed by atoms with Crippen molar-refractivity contribution in [2.75, 3.05) is 4.90 Å². The molecule has 0 unspecified atom stereocenters. The lowest BCUT2D eigenvalue weighted by Gasteiger charge is -2.23. The standard InChI is InChI=1S/C22H18N2O4/c1-13-8-10-15(11-9-13)19-18(20(25)16-6-4-3-5-7-16)21(26)22(27)24(19)17-12-14(2)28-23-17/h3-12,19,25H,1-2H3/t19-/m0/s1. The minimum atomic E-state index is -0.801. The first kappa shape index (κ1) is 17.7. The predicted octanol–water partition coefficient (Wildman–Crippen LogP) is 3.92. The summed E-state index contributed by atoms with van der Waals surface area (Å²) < 4.78 is 5.11. The monoisotopic (exact) mass is 374 g/mol. The van der Waals surface area contributed by atoms with Crippen molar-refractivity contribution < 1.29 is 19.2 Å². The number of benzene rings is 2. The van der Waals surface area contributed by atoms with Crippen molar-refractivity contribution in [2.45, 2.75) is 19.9 Å². The number of amides is 1. The SMILES string of the molecule is Cc1ccc([C@H]2C(=C(O)c3ccccc3)C(=O)C(=O)N2c2cc(C)on2)cc1. The third-order valence-electron chi connectivity index (χ3n) is 4.75.